The molecule has 0 spiro atoms. The Kier molecular flexibility index (Phi) is 3.66. The number of ether oxygens (including phenoxy) is 1. The number of para-hydroxylation sites is 2. The van der Waals surface area contributed by atoms with Gasteiger partial charge in [0.2, 0.25) is 0 Å². The van der Waals surface area contributed by atoms with E-state index in [0.717, 1.165) is 13.1 Å². The molecule has 124 valence electrons. The Morgan fingerprint density at radius 1 is 1.30 bits per heavy atom. The van der Waals surface area contributed by atoms with Gasteiger partial charge in [0.15, 0.2) is 0 Å². The van der Waals surface area contributed by atoms with Gasteiger partial charge in [0.1, 0.15) is 11.3 Å². The number of carbonyl (C=O) groups excluding carboxylic acids is 1. The molecular formula is C16H21N3O4. The minimum atomic E-state index is -0.509. The van der Waals surface area contributed by atoms with Gasteiger partial charge in [-0.05, 0) is 26.8 Å². The van der Waals surface area contributed by atoms with Gasteiger partial charge < -0.3 is 15.0 Å². The van der Waals surface area contributed by atoms with Crippen LogP contribution in [0, 0.1) is 22.0 Å². The number of nitrogens with one attached hydrogen (secondary N) is 1. The van der Waals surface area contributed by atoms with Crippen LogP contribution in [-0.2, 0) is 4.74 Å². The van der Waals surface area contributed by atoms with Crippen molar-refractivity contribution in [1.82, 2.24) is 5.32 Å². The van der Waals surface area contributed by atoms with E-state index in [1.54, 1.807) is 12.1 Å². The van der Waals surface area contributed by atoms with E-state index in [4.69, 9.17) is 4.74 Å². The van der Waals surface area contributed by atoms with Crippen LogP contribution in [0.5, 0.6) is 0 Å². The number of benzene rings is 1. The van der Waals surface area contributed by atoms with Gasteiger partial charge in [-0.2, -0.15) is 0 Å². The Hall–Kier alpha value is -2.31. The number of carbonyl (C=O) groups is 1. The summed E-state index contributed by atoms with van der Waals surface area (Å²) in [7, 11) is 0. The Labute approximate surface area is 134 Å². The summed E-state index contributed by atoms with van der Waals surface area (Å²) in [4.78, 5) is 24.6. The fourth-order valence-electron chi connectivity index (χ4n) is 3.27. The Balaban J connectivity index is 1.58. The summed E-state index contributed by atoms with van der Waals surface area (Å²) in [6.07, 6.45) is -0.394. The monoisotopic (exact) mass is 319 g/mol. The summed E-state index contributed by atoms with van der Waals surface area (Å²) >= 11 is 0. The summed E-state index contributed by atoms with van der Waals surface area (Å²) in [5.41, 5.74) is 0.274. The number of nitro benzene ring substituents is 1. The van der Waals surface area contributed by atoms with Crippen molar-refractivity contribution in [2.24, 2.45) is 11.8 Å². The molecule has 1 saturated heterocycles. The van der Waals surface area contributed by atoms with Crippen LogP contribution in [0.25, 0.3) is 0 Å². The quantitative estimate of drug-likeness (QED) is 0.683. The molecule has 23 heavy (non-hydrogen) atoms. The average molecular weight is 319 g/mol. The van der Waals surface area contributed by atoms with Crippen molar-refractivity contribution in [2.75, 3.05) is 18.0 Å². The Morgan fingerprint density at radius 3 is 2.48 bits per heavy atom. The van der Waals surface area contributed by atoms with Crippen molar-refractivity contribution in [3.8, 4) is 0 Å². The van der Waals surface area contributed by atoms with E-state index in [-0.39, 0.29) is 16.7 Å². The van der Waals surface area contributed by atoms with Gasteiger partial charge in [-0.3, -0.25) is 10.1 Å². The number of hydrogen-bond acceptors (Lipinski definition) is 5. The molecule has 7 nitrogen and oxygen atoms in total. The third-order valence-electron chi connectivity index (χ3n) is 4.30. The summed E-state index contributed by atoms with van der Waals surface area (Å²) in [5.74, 6) is 0.671. The molecule has 3 atom stereocenters. The van der Waals surface area contributed by atoms with Crippen molar-refractivity contribution in [1.29, 1.82) is 0 Å². The number of alkyl carbamates (subject to hydrolysis) is 1. The second-order valence-electron chi connectivity index (χ2n) is 7.15. The fourth-order valence-corrected chi connectivity index (χ4v) is 3.27. The highest BCUT2D eigenvalue weighted by Gasteiger charge is 2.57. The van der Waals surface area contributed by atoms with E-state index >= 15 is 0 Å². The number of piperidine rings is 1. The van der Waals surface area contributed by atoms with Crippen molar-refractivity contribution in [3.05, 3.63) is 34.4 Å². The summed E-state index contributed by atoms with van der Waals surface area (Å²) in [6.45, 7) is 6.93. The number of nitrogens with zero attached hydrogens (tertiary/aromatic N) is 2. The predicted octanol–water partition coefficient (Wildman–Crippen LogP) is 2.55. The van der Waals surface area contributed by atoms with Crippen LogP contribution >= 0.6 is 0 Å². The number of amides is 1. The predicted molar refractivity (Wildman–Crippen MR) is 85.4 cm³/mol. The smallest absolute Gasteiger partial charge is 0.407 e. The molecule has 0 bridgehead atoms. The minimum absolute atomic E-state index is 0.115. The van der Waals surface area contributed by atoms with Gasteiger partial charge in [0.25, 0.3) is 5.69 Å². The molecule has 1 saturated carbocycles. The topological polar surface area (TPSA) is 84.7 Å². The normalized spacial score (nSPS) is 25.7. The largest absolute Gasteiger partial charge is 0.444 e. The van der Waals surface area contributed by atoms with Crippen LogP contribution in [0.1, 0.15) is 20.8 Å². The van der Waals surface area contributed by atoms with Crippen molar-refractivity contribution < 1.29 is 14.5 Å². The molecule has 2 aliphatic rings. The van der Waals surface area contributed by atoms with Gasteiger partial charge in [0.05, 0.1) is 4.92 Å². The molecule has 0 aromatic heterocycles. The molecule has 1 heterocycles. The standard InChI is InChI=1S/C16H21N3O4/c1-16(2,3)23-15(20)17-14-10-8-18(9-11(10)14)12-6-4-5-7-13(12)19(21)22/h4-7,10-11,14H,8-9H2,1-3H3,(H,17,20)/t10-,11?,14?/m0/s1. The molecule has 2 unspecified atom stereocenters. The molecule has 1 N–H and O–H groups in total. The highest BCUT2D eigenvalue weighted by Crippen LogP contribution is 2.48. The number of anilines is 1. The number of nitro groups is 1. The first-order valence-electron chi connectivity index (χ1n) is 7.74. The number of hydrogen-bond donors (Lipinski definition) is 1. The van der Waals surface area contributed by atoms with Crippen molar-refractivity contribution in [2.45, 2.75) is 32.4 Å². The van der Waals surface area contributed by atoms with E-state index in [1.807, 2.05) is 31.7 Å². The zero-order chi connectivity index (χ0) is 16.8. The van der Waals surface area contributed by atoms with Crippen LogP contribution in [0.15, 0.2) is 24.3 Å². The third kappa shape index (κ3) is 3.23. The van der Waals surface area contributed by atoms with Crippen molar-refractivity contribution >= 4 is 17.5 Å². The molecule has 1 aromatic rings. The molecule has 1 amide bonds. The Bertz CT molecular complexity index is 628. The lowest BCUT2D eigenvalue weighted by molar-refractivity contribution is -0.384. The third-order valence-corrected chi connectivity index (χ3v) is 4.30. The Morgan fingerprint density at radius 2 is 1.91 bits per heavy atom. The second-order valence-corrected chi connectivity index (χ2v) is 7.15. The van der Waals surface area contributed by atoms with Gasteiger partial charge in [0, 0.05) is 37.0 Å². The van der Waals surface area contributed by atoms with Crippen LogP contribution in [0.4, 0.5) is 16.2 Å². The van der Waals surface area contributed by atoms with Crippen LogP contribution < -0.4 is 10.2 Å². The maximum Gasteiger partial charge on any atom is 0.407 e. The van der Waals surface area contributed by atoms with Crippen LogP contribution in [-0.4, -0.2) is 35.7 Å². The van der Waals surface area contributed by atoms with Gasteiger partial charge in [-0.1, -0.05) is 12.1 Å². The number of rotatable bonds is 3. The lowest BCUT2D eigenvalue weighted by Crippen LogP contribution is -2.38. The first-order chi connectivity index (χ1) is 10.8. The van der Waals surface area contributed by atoms with Gasteiger partial charge in [-0.15, -0.1) is 0 Å². The SMILES string of the molecule is CC(C)(C)OC(=O)NC1C2CN(c3ccccc3[N+](=O)[O-])C[C@@H]21. The maximum atomic E-state index is 11.8. The van der Waals surface area contributed by atoms with E-state index in [9.17, 15) is 14.9 Å². The number of fused-ring (bicyclic) bond motifs is 1. The van der Waals surface area contributed by atoms with E-state index in [2.05, 4.69) is 5.32 Å². The van der Waals surface area contributed by atoms with Gasteiger partial charge in [-0.25, -0.2) is 4.79 Å². The second kappa shape index (κ2) is 5.40. The summed E-state index contributed by atoms with van der Waals surface area (Å²) in [6, 6.07) is 6.90. The zero-order valence-corrected chi connectivity index (χ0v) is 13.5. The molecule has 1 aromatic carbocycles. The highest BCUT2D eigenvalue weighted by atomic mass is 16.6. The highest BCUT2D eigenvalue weighted by molar-refractivity contribution is 5.69. The van der Waals surface area contributed by atoms with E-state index in [0.29, 0.717) is 17.5 Å². The van der Waals surface area contributed by atoms with Crippen molar-refractivity contribution in [3.63, 3.8) is 0 Å². The molecule has 7 heteroatoms. The minimum Gasteiger partial charge on any atom is -0.444 e. The maximum absolute atomic E-state index is 11.8. The first kappa shape index (κ1) is 15.6. The molecule has 1 aliphatic heterocycles. The summed E-state index contributed by atoms with van der Waals surface area (Å²) in [5, 5.41) is 14.0. The molecule has 1 aliphatic carbocycles. The average Bonchev–Trinajstić information content (AvgIpc) is 2.90. The molecule has 0 radical (unpaired) electrons. The fraction of sp³-hybridized carbons (Fsp3) is 0.562. The lowest BCUT2D eigenvalue weighted by Gasteiger charge is -2.23. The lowest BCUT2D eigenvalue weighted by atomic mass is 10.2. The van der Waals surface area contributed by atoms with Crippen LogP contribution in [0.3, 0.4) is 0 Å². The van der Waals surface area contributed by atoms with Crippen LogP contribution in [0.2, 0.25) is 0 Å². The van der Waals surface area contributed by atoms with E-state index in [1.165, 1.54) is 6.07 Å². The van der Waals surface area contributed by atoms with Gasteiger partial charge >= 0.3 is 6.09 Å². The molecular weight excluding hydrogens is 298 g/mol. The summed E-state index contributed by atoms with van der Waals surface area (Å²) < 4.78 is 5.26. The first-order valence-corrected chi connectivity index (χ1v) is 7.74. The van der Waals surface area contributed by atoms with E-state index < -0.39 is 11.7 Å². The molecule has 2 fully saturated rings. The molecule has 3 rings (SSSR count). The zero-order valence-electron chi connectivity index (χ0n) is 13.5.